The van der Waals surface area contributed by atoms with Gasteiger partial charge in [-0.15, -0.1) is 0 Å². The Hall–Kier alpha value is -2.49. The van der Waals surface area contributed by atoms with Gasteiger partial charge < -0.3 is 9.47 Å². The van der Waals surface area contributed by atoms with E-state index in [1.807, 2.05) is 48.5 Å². The Labute approximate surface area is 125 Å². The number of hydrazone groups is 1. The molecule has 0 amide bonds. The van der Waals surface area contributed by atoms with Crippen LogP contribution in [0.5, 0.6) is 11.5 Å². The van der Waals surface area contributed by atoms with Crippen LogP contribution in [0.2, 0.25) is 0 Å². The quantitative estimate of drug-likeness (QED) is 0.619. The van der Waals surface area contributed by atoms with Gasteiger partial charge in [-0.3, -0.25) is 5.43 Å². The molecule has 0 aromatic heterocycles. The number of anilines is 1. The Morgan fingerprint density at radius 2 is 1.90 bits per heavy atom. The molecule has 0 aliphatic heterocycles. The number of hydrogen-bond acceptors (Lipinski definition) is 4. The highest BCUT2D eigenvalue weighted by molar-refractivity contribution is 5.85. The highest BCUT2D eigenvalue weighted by atomic mass is 16.5. The predicted molar refractivity (Wildman–Crippen MR) is 86.4 cm³/mol. The van der Waals surface area contributed by atoms with Crippen molar-refractivity contribution in [3.8, 4) is 11.5 Å². The van der Waals surface area contributed by atoms with Gasteiger partial charge in [0.25, 0.3) is 0 Å². The SMILES string of the molecule is CCCOc1c(/C=N/Nc2ccccc2)cccc1OC. The highest BCUT2D eigenvalue weighted by Gasteiger charge is 2.08. The summed E-state index contributed by atoms with van der Waals surface area (Å²) in [5.74, 6) is 1.44. The minimum atomic E-state index is 0.646. The Kier molecular flexibility index (Phi) is 5.64. The molecule has 0 saturated heterocycles. The fourth-order valence-electron chi connectivity index (χ4n) is 1.84. The molecule has 0 fully saturated rings. The second kappa shape index (κ2) is 7.94. The van der Waals surface area contributed by atoms with Crippen molar-refractivity contribution in [3.63, 3.8) is 0 Å². The predicted octanol–water partition coefficient (Wildman–Crippen LogP) is 3.93. The molecular formula is C17H20N2O2. The van der Waals surface area contributed by atoms with Crippen LogP contribution >= 0.6 is 0 Å². The van der Waals surface area contributed by atoms with Gasteiger partial charge in [-0.1, -0.05) is 31.2 Å². The van der Waals surface area contributed by atoms with Crippen molar-refractivity contribution in [1.29, 1.82) is 0 Å². The van der Waals surface area contributed by atoms with Crippen molar-refractivity contribution < 1.29 is 9.47 Å². The average Bonchev–Trinajstić information content (AvgIpc) is 2.54. The van der Waals surface area contributed by atoms with Gasteiger partial charge in [0, 0.05) is 5.56 Å². The van der Waals surface area contributed by atoms with E-state index in [-0.39, 0.29) is 0 Å². The van der Waals surface area contributed by atoms with Gasteiger partial charge in [-0.2, -0.15) is 5.10 Å². The van der Waals surface area contributed by atoms with Gasteiger partial charge in [-0.25, -0.2) is 0 Å². The van der Waals surface area contributed by atoms with Crippen LogP contribution < -0.4 is 14.9 Å². The molecule has 0 aliphatic rings. The summed E-state index contributed by atoms with van der Waals surface area (Å²) in [5, 5.41) is 4.25. The zero-order valence-electron chi connectivity index (χ0n) is 12.4. The molecule has 0 heterocycles. The molecule has 21 heavy (non-hydrogen) atoms. The topological polar surface area (TPSA) is 42.8 Å². The molecule has 2 aromatic rings. The lowest BCUT2D eigenvalue weighted by atomic mass is 10.2. The zero-order valence-corrected chi connectivity index (χ0v) is 12.4. The van der Waals surface area contributed by atoms with E-state index in [9.17, 15) is 0 Å². The molecule has 0 spiro atoms. The first kappa shape index (κ1) is 14.9. The molecule has 110 valence electrons. The maximum atomic E-state index is 5.77. The molecule has 4 heteroatoms. The van der Waals surface area contributed by atoms with Crippen molar-refractivity contribution in [2.45, 2.75) is 13.3 Å². The van der Waals surface area contributed by atoms with Crippen LogP contribution in [-0.2, 0) is 0 Å². The van der Waals surface area contributed by atoms with E-state index in [4.69, 9.17) is 9.47 Å². The van der Waals surface area contributed by atoms with E-state index >= 15 is 0 Å². The van der Waals surface area contributed by atoms with Crippen LogP contribution in [0.1, 0.15) is 18.9 Å². The summed E-state index contributed by atoms with van der Waals surface area (Å²) in [5.41, 5.74) is 4.81. The van der Waals surface area contributed by atoms with Crippen LogP contribution in [0.25, 0.3) is 0 Å². The van der Waals surface area contributed by atoms with Gasteiger partial charge in [0.2, 0.25) is 0 Å². The molecule has 2 rings (SSSR count). The summed E-state index contributed by atoms with van der Waals surface area (Å²) in [6, 6.07) is 15.5. The molecule has 0 aliphatic carbocycles. The van der Waals surface area contributed by atoms with Crippen molar-refractivity contribution in [1.82, 2.24) is 0 Å². The van der Waals surface area contributed by atoms with E-state index in [1.54, 1.807) is 13.3 Å². The second-order valence-corrected chi connectivity index (χ2v) is 4.46. The molecule has 1 N–H and O–H groups in total. The van der Waals surface area contributed by atoms with Gasteiger partial charge in [-0.05, 0) is 30.7 Å². The molecule has 2 aromatic carbocycles. The maximum Gasteiger partial charge on any atom is 0.169 e. The summed E-state index contributed by atoms with van der Waals surface area (Å²) in [6.07, 6.45) is 2.68. The van der Waals surface area contributed by atoms with E-state index in [0.29, 0.717) is 12.4 Å². The number of rotatable bonds is 7. The van der Waals surface area contributed by atoms with Gasteiger partial charge in [0.05, 0.1) is 25.6 Å². The standard InChI is InChI=1S/C17H20N2O2/c1-3-12-21-17-14(8-7-11-16(17)20-2)13-18-19-15-9-5-4-6-10-15/h4-11,13,19H,3,12H2,1-2H3/b18-13+. The van der Waals surface area contributed by atoms with Crippen LogP contribution in [0.15, 0.2) is 53.6 Å². The lowest BCUT2D eigenvalue weighted by Gasteiger charge is -2.12. The number of methoxy groups -OCH3 is 1. The monoisotopic (exact) mass is 284 g/mol. The molecule has 0 radical (unpaired) electrons. The normalized spacial score (nSPS) is 10.6. The Balaban J connectivity index is 2.14. The highest BCUT2D eigenvalue weighted by Crippen LogP contribution is 2.30. The number of para-hydroxylation sites is 2. The average molecular weight is 284 g/mol. The Bertz CT molecular complexity index is 583. The first-order valence-corrected chi connectivity index (χ1v) is 6.99. The van der Waals surface area contributed by atoms with Crippen LogP contribution in [0, 0.1) is 0 Å². The number of nitrogens with zero attached hydrogens (tertiary/aromatic N) is 1. The third kappa shape index (κ3) is 4.24. The summed E-state index contributed by atoms with van der Waals surface area (Å²) in [4.78, 5) is 0. The first-order valence-electron chi connectivity index (χ1n) is 6.99. The number of nitrogens with one attached hydrogen (secondary N) is 1. The number of benzene rings is 2. The molecule has 0 atom stereocenters. The molecular weight excluding hydrogens is 264 g/mol. The van der Waals surface area contributed by atoms with Gasteiger partial charge >= 0.3 is 0 Å². The lowest BCUT2D eigenvalue weighted by molar-refractivity contribution is 0.294. The molecule has 4 nitrogen and oxygen atoms in total. The fraction of sp³-hybridized carbons (Fsp3) is 0.235. The van der Waals surface area contributed by atoms with Crippen LogP contribution in [0.3, 0.4) is 0 Å². The third-order valence-electron chi connectivity index (χ3n) is 2.85. The number of ether oxygens (including phenoxy) is 2. The summed E-state index contributed by atoms with van der Waals surface area (Å²) < 4.78 is 11.1. The summed E-state index contributed by atoms with van der Waals surface area (Å²) in [7, 11) is 1.64. The van der Waals surface area contributed by atoms with Gasteiger partial charge in [0.1, 0.15) is 0 Å². The van der Waals surface area contributed by atoms with E-state index in [1.165, 1.54) is 0 Å². The minimum absolute atomic E-state index is 0.646. The van der Waals surface area contributed by atoms with E-state index in [2.05, 4.69) is 17.5 Å². The van der Waals surface area contributed by atoms with Crippen molar-refractivity contribution in [3.05, 3.63) is 54.1 Å². The van der Waals surface area contributed by atoms with Gasteiger partial charge in [0.15, 0.2) is 11.5 Å². The fourth-order valence-corrected chi connectivity index (χ4v) is 1.84. The molecule has 0 unspecified atom stereocenters. The Morgan fingerprint density at radius 1 is 1.10 bits per heavy atom. The van der Waals surface area contributed by atoms with Crippen molar-refractivity contribution >= 4 is 11.9 Å². The molecule has 0 bridgehead atoms. The van der Waals surface area contributed by atoms with Crippen molar-refractivity contribution in [2.24, 2.45) is 5.10 Å². The van der Waals surface area contributed by atoms with Crippen LogP contribution in [-0.4, -0.2) is 19.9 Å². The second-order valence-electron chi connectivity index (χ2n) is 4.46. The summed E-state index contributed by atoms with van der Waals surface area (Å²) >= 11 is 0. The summed E-state index contributed by atoms with van der Waals surface area (Å²) in [6.45, 7) is 2.72. The zero-order chi connectivity index (χ0) is 14.9. The van der Waals surface area contributed by atoms with E-state index in [0.717, 1.165) is 23.4 Å². The third-order valence-corrected chi connectivity index (χ3v) is 2.85. The number of hydrogen-bond donors (Lipinski definition) is 1. The first-order chi connectivity index (χ1) is 10.3. The van der Waals surface area contributed by atoms with E-state index < -0.39 is 0 Å². The lowest BCUT2D eigenvalue weighted by Crippen LogP contribution is -2.01. The van der Waals surface area contributed by atoms with Crippen molar-refractivity contribution in [2.75, 3.05) is 19.1 Å². The molecule has 0 saturated carbocycles. The smallest absolute Gasteiger partial charge is 0.169 e. The largest absolute Gasteiger partial charge is 0.493 e. The van der Waals surface area contributed by atoms with Crippen LogP contribution in [0.4, 0.5) is 5.69 Å². The Morgan fingerprint density at radius 3 is 2.62 bits per heavy atom. The maximum absolute atomic E-state index is 5.77. The minimum Gasteiger partial charge on any atom is -0.493 e.